The van der Waals surface area contributed by atoms with E-state index in [1.165, 1.54) is 18.4 Å². The SMILES string of the molecule is CC(C)CNC1CCCN2c3cc(Cl)ccc3Oc3ccccc3C12. The number of hydrogen-bond donors (Lipinski definition) is 1. The summed E-state index contributed by atoms with van der Waals surface area (Å²) < 4.78 is 6.30. The van der Waals surface area contributed by atoms with Crippen LogP contribution in [0.3, 0.4) is 0 Å². The summed E-state index contributed by atoms with van der Waals surface area (Å²) in [7, 11) is 0. The molecule has 2 aliphatic rings. The Morgan fingerprint density at radius 3 is 2.88 bits per heavy atom. The average Bonchev–Trinajstić information content (AvgIpc) is 2.75. The molecule has 2 heterocycles. The van der Waals surface area contributed by atoms with Crippen molar-refractivity contribution in [1.29, 1.82) is 0 Å². The van der Waals surface area contributed by atoms with Gasteiger partial charge in [0.1, 0.15) is 5.75 Å². The lowest BCUT2D eigenvalue weighted by Gasteiger charge is -2.43. The fraction of sp³-hybridized carbons (Fsp3) is 0.429. The van der Waals surface area contributed by atoms with E-state index in [1.54, 1.807) is 0 Å². The topological polar surface area (TPSA) is 24.5 Å². The van der Waals surface area contributed by atoms with Crippen molar-refractivity contribution in [1.82, 2.24) is 5.32 Å². The monoisotopic (exact) mass is 356 g/mol. The fourth-order valence-electron chi connectivity index (χ4n) is 3.99. The van der Waals surface area contributed by atoms with Crippen LogP contribution in [0.15, 0.2) is 42.5 Å². The summed E-state index contributed by atoms with van der Waals surface area (Å²) in [4.78, 5) is 2.48. The van der Waals surface area contributed by atoms with E-state index < -0.39 is 0 Å². The van der Waals surface area contributed by atoms with Crippen LogP contribution in [-0.4, -0.2) is 19.1 Å². The highest BCUT2D eigenvalue weighted by molar-refractivity contribution is 6.31. The molecule has 0 radical (unpaired) electrons. The van der Waals surface area contributed by atoms with E-state index >= 15 is 0 Å². The van der Waals surface area contributed by atoms with Gasteiger partial charge < -0.3 is 15.0 Å². The summed E-state index contributed by atoms with van der Waals surface area (Å²) in [6.07, 6.45) is 2.35. The highest BCUT2D eigenvalue weighted by Gasteiger charge is 2.37. The molecule has 2 aliphatic heterocycles. The zero-order valence-corrected chi connectivity index (χ0v) is 15.6. The molecule has 2 aromatic carbocycles. The third-order valence-electron chi connectivity index (χ3n) is 5.11. The average molecular weight is 357 g/mol. The van der Waals surface area contributed by atoms with Crippen LogP contribution in [0, 0.1) is 5.92 Å². The summed E-state index contributed by atoms with van der Waals surface area (Å²) in [5.41, 5.74) is 2.36. The van der Waals surface area contributed by atoms with E-state index in [2.05, 4.69) is 42.3 Å². The lowest BCUT2D eigenvalue weighted by Crippen LogP contribution is -2.49. The first-order chi connectivity index (χ1) is 12.1. The molecule has 1 N–H and O–H groups in total. The first kappa shape index (κ1) is 16.7. The Kier molecular flexibility index (Phi) is 4.61. The molecule has 0 aliphatic carbocycles. The molecule has 0 saturated carbocycles. The van der Waals surface area contributed by atoms with Crippen LogP contribution in [0.5, 0.6) is 11.5 Å². The zero-order valence-electron chi connectivity index (χ0n) is 14.8. The van der Waals surface area contributed by atoms with Crippen molar-refractivity contribution in [2.24, 2.45) is 5.92 Å². The molecule has 2 aromatic rings. The molecule has 1 saturated heterocycles. The van der Waals surface area contributed by atoms with Crippen molar-refractivity contribution in [2.45, 2.75) is 38.8 Å². The number of fused-ring (bicyclic) bond motifs is 5. The molecule has 4 heteroatoms. The first-order valence-electron chi connectivity index (χ1n) is 9.20. The number of nitrogens with one attached hydrogen (secondary N) is 1. The first-order valence-corrected chi connectivity index (χ1v) is 9.57. The Morgan fingerprint density at radius 2 is 2.04 bits per heavy atom. The largest absolute Gasteiger partial charge is 0.455 e. The Balaban J connectivity index is 1.80. The molecule has 2 unspecified atom stereocenters. The molecule has 1 fully saturated rings. The lowest BCUT2D eigenvalue weighted by molar-refractivity contribution is 0.332. The van der Waals surface area contributed by atoms with E-state index in [9.17, 15) is 0 Å². The molecule has 25 heavy (non-hydrogen) atoms. The van der Waals surface area contributed by atoms with Gasteiger partial charge in [-0.2, -0.15) is 0 Å². The minimum absolute atomic E-state index is 0.267. The van der Waals surface area contributed by atoms with Gasteiger partial charge in [-0.3, -0.25) is 0 Å². The van der Waals surface area contributed by atoms with Crippen molar-refractivity contribution >= 4 is 17.3 Å². The third kappa shape index (κ3) is 3.23. The van der Waals surface area contributed by atoms with Crippen molar-refractivity contribution in [3.63, 3.8) is 0 Å². The summed E-state index contributed by atoms with van der Waals surface area (Å²) in [5, 5.41) is 4.56. The molecule has 4 rings (SSSR count). The van der Waals surface area contributed by atoms with Crippen LogP contribution in [0.25, 0.3) is 0 Å². The maximum atomic E-state index is 6.31. The molecule has 3 nitrogen and oxygen atoms in total. The minimum Gasteiger partial charge on any atom is -0.455 e. The van der Waals surface area contributed by atoms with Gasteiger partial charge in [-0.05, 0) is 49.6 Å². The van der Waals surface area contributed by atoms with E-state index in [4.69, 9.17) is 16.3 Å². The summed E-state index contributed by atoms with van der Waals surface area (Å²) in [6, 6.07) is 15.0. The van der Waals surface area contributed by atoms with Gasteiger partial charge in [0.2, 0.25) is 0 Å². The second-order valence-electron chi connectivity index (χ2n) is 7.44. The van der Waals surface area contributed by atoms with Crippen molar-refractivity contribution in [3.05, 3.63) is 53.1 Å². The van der Waals surface area contributed by atoms with Gasteiger partial charge in [0.15, 0.2) is 5.75 Å². The molecule has 0 bridgehead atoms. The van der Waals surface area contributed by atoms with Crippen LogP contribution in [-0.2, 0) is 0 Å². The molecule has 0 spiro atoms. The van der Waals surface area contributed by atoms with Crippen molar-refractivity contribution in [2.75, 3.05) is 18.0 Å². The quantitative estimate of drug-likeness (QED) is 0.796. The molecule has 2 atom stereocenters. The predicted molar refractivity (Wildman–Crippen MR) is 104 cm³/mol. The third-order valence-corrected chi connectivity index (χ3v) is 5.34. The second-order valence-corrected chi connectivity index (χ2v) is 7.88. The zero-order chi connectivity index (χ0) is 17.4. The normalized spacial score (nSPS) is 21.8. The number of rotatable bonds is 3. The standard InChI is InChI=1S/C21H25ClN2O/c1-14(2)13-23-17-7-5-11-24-18-12-15(22)9-10-20(18)25-19-8-4-3-6-16(19)21(17)24/h3-4,6,8-10,12,14,17,21,23H,5,7,11,13H2,1-2H3. The molecule has 0 aromatic heterocycles. The van der Waals surface area contributed by atoms with Crippen LogP contribution in [0.1, 0.15) is 38.3 Å². The predicted octanol–water partition coefficient (Wildman–Crippen LogP) is 5.40. The van der Waals surface area contributed by atoms with Gasteiger partial charge in [-0.1, -0.05) is 43.6 Å². The Labute approximate surface area is 154 Å². The van der Waals surface area contributed by atoms with Crippen LogP contribution < -0.4 is 15.0 Å². The summed E-state index contributed by atoms with van der Waals surface area (Å²) >= 11 is 6.31. The maximum Gasteiger partial charge on any atom is 0.150 e. The van der Waals surface area contributed by atoms with Crippen LogP contribution >= 0.6 is 11.6 Å². The molecule has 132 valence electrons. The highest BCUT2D eigenvalue weighted by atomic mass is 35.5. The highest BCUT2D eigenvalue weighted by Crippen LogP contribution is 2.48. The minimum atomic E-state index is 0.267. The van der Waals surface area contributed by atoms with Gasteiger partial charge >= 0.3 is 0 Å². The Morgan fingerprint density at radius 1 is 1.20 bits per heavy atom. The molecular formula is C21H25ClN2O. The van der Waals surface area contributed by atoms with E-state index in [0.29, 0.717) is 12.0 Å². The van der Waals surface area contributed by atoms with Gasteiger partial charge in [0.05, 0.1) is 11.7 Å². The van der Waals surface area contributed by atoms with Crippen LogP contribution in [0.2, 0.25) is 5.02 Å². The number of hydrogen-bond acceptors (Lipinski definition) is 3. The van der Waals surface area contributed by atoms with Gasteiger partial charge in [-0.15, -0.1) is 0 Å². The Hall–Kier alpha value is -1.71. The van der Waals surface area contributed by atoms with Crippen molar-refractivity contribution < 1.29 is 4.74 Å². The van der Waals surface area contributed by atoms with Crippen LogP contribution in [0.4, 0.5) is 5.69 Å². The van der Waals surface area contributed by atoms with E-state index in [-0.39, 0.29) is 6.04 Å². The van der Waals surface area contributed by atoms with E-state index in [1.807, 2.05) is 24.3 Å². The number of benzene rings is 2. The second kappa shape index (κ2) is 6.89. The summed E-state index contributed by atoms with van der Waals surface area (Å²) in [6.45, 7) is 6.57. The smallest absolute Gasteiger partial charge is 0.150 e. The molecular weight excluding hydrogens is 332 g/mol. The number of ether oxygens (including phenoxy) is 1. The van der Waals surface area contributed by atoms with Crippen molar-refractivity contribution in [3.8, 4) is 11.5 Å². The maximum absolute atomic E-state index is 6.31. The Bertz CT molecular complexity index is 761. The number of anilines is 1. The number of para-hydroxylation sites is 1. The number of nitrogens with zero attached hydrogens (tertiary/aromatic N) is 1. The van der Waals surface area contributed by atoms with E-state index in [0.717, 1.165) is 35.3 Å². The number of halogens is 1. The van der Waals surface area contributed by atoms with Gasteiger partial charge in [-0.25, -0.2) is 0 Å². The number of piperidine rings is 1. The fourth-order valence-corrected chi connectivity index (χ4v) is 4.16. The molecule has 0 amide bonds. The van der Waals surface area contributed by atoms with Gasteiger partial charge in [0.25, 0.3) is 0 Å². The lowest BCUT2D eigenvalue weighted by atomic mass is 9.89. The van der Waals surface area contributed by atoms with Gasteiger partial charge in [0, 0.05) is 23.2 Å². The summed E-state index contributed by atoms with van der Waals surface area (Å²) in [5.74, 6) is 2.48.